The van der Waals surface area contributed by atoms with Gasteiger partial charge in [0.15, 0.2) is 0 Å². The lowest BCUT2D eigenvalue weighted by Gasteiger charge is -2.09. The summed E-state index contributed by atoms with van der Waals surface area (Å²) in [7, 11) is 0. The van der Waals surface area contributed by atoms with E-state index >= 15 is 0 Å². The zero-order valence-electron chi connectivity index (χ0n) is 16.5. The Morgan fingerprint density at radius 1 is 0.769 bits per heavy atom. The van der Waals surface area contributed by atoms with Crippen LogP contribution < -0.4 is 11.1 Å². The molecule has 0 fully saturated rings. The average Bonchev–Trinajstić information content (AvgIpc) is 2.62. The number of rotatable bonds is 20. The third-order valence-corrected chi connectivity index (χ3v) is 3.27. The van der Waals surface area contributed by atoms with E-state index in [4.69, 9.17) is 29.4 Å². The first kappa shape index (κ1) is 25.2. The second kappa shape index (κ2) is 20.5. The molecule has 0 heterocycles. The summed E-state index contributed by atoms with van der Waals surface area (Å²) in [6, 6.07) is 0. The zero-order chi connectivity index (χ0) is 19.3. The maximum atomic E-state index is 11.5. The molecule has 3 N–H and O–H groups in total. The van der Waals surface area contributed by atoms with Gasteiger partial charge in [0.05, 0.1) is 66.1 Å². The molecule has 0 aliphatic heterocycles. The summed E-state index contributed by atoms with van der Waals surface area (Å²) < 4.78 is 26.7. The van der Waals surface area contributed by atoms with Crippen molar-refractivity contribution in [3.63, 3.8) is 0 Å². The van der Waals surface area contributed by atoms with Gasteiger partial charge in [0, 0.05) is 19.5 Å². The van der Waals surface area contributed by atoms with Crippen molar-refractivity contribution >= 4 is 5.91 Å². The molecule has 1 amide bonds. The molecule has 8 nitrogen and oxygen atoms in total. The lowest BCUT2D eigenvalue weighted by molar-refractivity contribution is -0.121. The van der Waals surface area contributed by atoms with Gasteiger partial charge in [-0.05, 0) is 12.3 Å². The molecule has 0 aliphatic rings. The predicted octanol–water partition coefficient (Wildman–Crippen LogP) is 0.581. The van der Waals surface area contributed by atoms with E-state index in [1.165, 1.54) is 0 Å². The van der Waals surface area contributed by atoms with Crippen LogP contribution in [0.4, 0.5) is 0 Å². The van der Waals surface area contributed by atoms with Crippen LogP contribution in [0.25, 0.3) is 0 Å². The second-order valence-electron chi connectivity index (χ2n) is 6.13. The van der Waals surface area contributed by atoms with Crippen molar-refractivity contribution in [2.45, 2.75) is 26.7 Å². The zero-order valence-corrected chi connectivity index (χ0v) is 16.5. The van der Waals surface area contributed by atoms with Crippen molar-refractivity contribution in [1.82, 2.24) is 5.32 Å². The monoisotopic (exact) mass is 378 g/mol. The van der Waals surface area contributed by atoms with Crippen LogP contribution in [-0.2, 0) is 28.5 Å². The SMILES string of the molecule is CC(C)CCC(=O)NCCOCCOCCOCCOCCOCCN. The topological polar surface area (TPSA) is 101 Å². The number of hydrogen-bond donors (Lipinski definition) is 2. The van der Waals surface area contributed by atoms with Crippen molar-refractivity contribution in [1.29, 1.82) is 0 Å². The summed E-state index contributed by atoms with van der Waals surface area (Å²) in [5.74, 6) is 0.634. The first-order valence-corrected chi connectivity index (χ1v) is 9.52. The molecule has 0 atom stereocenters. The number of nitrogens with one attached hydrogen (secondary N) is 1. The predicted molar refractivity (Wildman–Crippen MR) is 100 cm³/mol. The van der Waals surface area contributed by atoms with Gasteiger partial charge >= 0.3 is 0 Å². The number of carbonyl (C=O) groups excluding carboxylic acids is 1. The summed E-state index contributed by atoms with van der Waals surface area (Å²) in [5.41, 5.74) is 5.30. The first-order chi connectivity index (χ1) is 12.7. The summed E-state index contributed by atoms with van der Waals surface area (Å²) in [6.07, 6.45) is 1.49. The molecule has 156 valence electrons. The number of amides is 1. The van der Waals surface area contributed by atoms with E-state index in [0.29, 0.717) is 91.5 Å². The molecule has 0 aliphatic carbocycles. The second-order valence-corrected chi connectivity index (χ2v) is 6.13. The fraction of sp³-hybridized carbons (Fsp3) is 0.944. The quantitative estimate of drug-likeness (QED) is 0.299. The van der Waals surface area contributed by atoms with Crippen molar-refractivity contribution in [3.8, 4) is 0 Å². The average molecular weight is 379 g/mol. The molecule has 0 saturated carbocycles. The Bertz CT molecular complexity index is 305. The highest BCUT2D eigenvalue weighted by atomic mass is 16.6. The summed E-state index contributed by atoms with van der Waals surface area (Å²) in [5, 5.41) is 2.84. The van der Waals surface area contributed by atoms with Gasteiger partial charge in [-0.25, -0.2) is 0 Å². The molecule has 26 heavy (non-hydrogen) atoms. The normalized spacial score (nSPS) is 11.2. The molecule has 0 saturated heterocycles. The Morgan fingerprint density at radius 3 is 1.62 bits per heavy atom. The van der Waals surface area contributed by atoms with Crippen molar-refractivity contribution < 1.29 is 28.5 Å². The Morgan fingerprint density at radius 2 is 1.19 bits per heavy atom. The Hall–Kier alpha value is -0.770. The van der Waals surface area contributed by atoms with Gasteiger partial charge in [-0.3, -0.25) is 4.79 Å². The number of hydrogen-bond acceptors (Lipinski definition) is 7. The van der Waals surface area contributed by atoms with Gasteiger partial charge in [0.2, 0.25) is 5.91 Å². The summed E-state index contributed by atoms with van der Waals surface area (Å²) in [4.78, 5) is 11.5. The van der Waals surface area contributed by atoms with Gasteiger partial charge in [0.25, 0.3) is 0 Å². The van der Waals surface area contributed by atoms with Crippen LogP contribution in [0.1, 0.15) is 26.7 Å². The highest BCUT2D eigenvalue weighted by Crippen LogP contribution is 2.02. The number of carbonyl (C=O) groups is 1. The fourth-order valence-corrected chi connectivity index (χ4v) is 1.84. The Kier molecular flexibility index (Phi) is 19.9. The minimum absolute atomic E-state index is 0.0859. The van der Waals surface area contributed by atoms with Crippen LogP contribution in [0.5, 0.6) is 0 Å². The van der Waals surface area contributed by atoms with E-state index < -0.39 is 0 Å². The lowest BCUT2D eigenvalue weighted by atomic mass is 10.1. The van der Waals surface area contributed by atoms with E-state index in [1.807, 2.05) is 0 Å². The van der Waals surface area contributed by atoms with Crippen molar-refractivity contribution in [3.05, 3.63) is 0 Å². The molecule has 0 radical (unpaired) electrons. The van der Waals surface area contributed by atoms with Crippen LogP contribution in [0, 0.1) is 5.92 Å². The van der Waals surface area contributed by atoms with Crippen molar-refractivity contribution in [2.75, 3.05) is 79.2 Å². The van der Waals surface area contributed by atoms with E-state index in [2.05, 4.69) is 19.2 Å². The maximum Gasteiger partial charge on any atom is 0.220 e. The fourth-order valence-electron chi connectivity index (χ4n) is 1.84. The number of ether oxygens (including phenoxy) is 5. The molecule has 0 bridgehead atoms. The van der Waals surface area contributed by atoms with Crippen LogP contribution in [0.3, 0.4) is 0 Å². The molecule has 8 heteroatoms. The van der Waals surface area contributed by atoms with Gasteiger partial charge in [-0.2, -0.15) is 0 Å². The molecule has 0 aromatic heterocycles. The molecular weight excluding hydrogens is 340 g/mol. The standard InChI is InChI=1S/C18H38N2O6/c1-17(2)3-4-18(21)20-6-8-23-10-12-25-14-16-26-15-13-24-11-9-22-7-5-19/h17H,3-16,19H2,1-2H3,(H,20,21). The van der Waals surface area contributed by atoms with Crippen molar-refractivity contribution in [2.24, 2.45) is 11.7 Å². The Labute approximate surface area is 158 Å². The number of nitrogens with two attached hydrogens (primary N) is 1. The van der Waals surface area contributed by atoms with Crippen LogP contribution in [0.2, 0.25) is 0 Å². The largest absolute Gasteiger partial charge is 0.378 e. The van der Waals surface area contributed by atoms with Crippen LogP contribution in [-0.4, -0.2) is 85.1 Å². The molecule has 0 spiro atoms. The maximum absolute atomic E-state index is 11.5. The van der Waals surface area contributed by atoms with Gasteiger partial charge < -0.3 is 34.7 Å². The highest BCUT2D eigenvalue weighted by Gasteiger charge is 2.02. The Balaban J connectivity index is 3.08. The highest BCUT2D eigenvalue weighted by molar-refractivity contribution is 5.75. The minimum atomic E-state index is 0.0859. The molecule has 0 unspecified atom stereocenters. The minimum Gasteiger partial charge on any atom is -0.378 e. The van der Waals surface area contributed by atoms with Gasteiger partial charge in [-0.1, -0.05) is 13.8 Å². The van der Waals surface area contributed by atoms with E-state index in [0.717, 1.165) is 6.42 Å². The third-order valence-electron chi connectivity index (χ3n) is 3.27. The van der Waals surface area contributed by atoms with E-state index in [-0.39, 0.29) is 5.91 Å². The van der Waals surface area contributed by atoms with E-state index in [9.17, 15) is 4.79 Å². The molecule has 0 aromatic carbocycles. The first-order valence-electron chi connectivity index (χ1n) is 9.52. The molecular formula is C18H38N2O6. The molecule has 0 aromatic rings. The van der Waals surface area contributed by atoms with Gasteiger partial charge in [0.1, 0.15) is 0 Å². The van der Waals surface area contributed by atoms with Gasteiger partial charge in [-0.15, -0.1) is 0 Å². The van der Waals surface area contributed by atoms with E-state index in [1.54, 1.807) is 0 Å². The smallest absolute Gasteiger partial charge is 0.220 e. The van der Waals surface area contributed by atoms with Crippen LogP contribution >= 0.6 is 0 Å². The lowest BCUT2D eigenvalue weighted by Crippen LogP contribution is -2.27. The third kappa shape index (κ3) is 21.3. The summed E-state index contributed by atoms with van der Waals surface area (Å²) in [6.45, 7) is 10.6. The van der Waals surface area contributed by atoms with Crippen LogP contribution in [0.15, 0.2) is 0 Å². The molecule has 0 rings (SSSR count). The summed E-state index contributed by atoms with van der Waals surface area (Å²) >= 11 is 0.